The van der Waals surface area contributed by atoms with Crippen molar-refractivity contribution >= 4 is 33.6 Å². The normalized spacial score (nSPS) is 11.5. The van der Waals surface area contributed by atoms with Gasteiger partial charge in [0.05, 0.1) is 7.11 Å². The predicted molar refractivity (Wildman–Crippen MR) is 127 cm³/mol. The number of amides is 1. The van der Waals surface area contributed by atoms with Crippen molar-refractivity contribution < 1.29 is 18.7 Å². The van der Waals surface area contributed by atoms with Crippen molar-refractivity contribution in [2.45, 2.75) is 39.8 Å². The highest BCUT2D eigenvalue weighted by Gasteiger charge is 2.14. The Morgan fingerprint density at radius 3 is 2.48 bits per heavy atom. The van der Waals surface area contributed by atoms with Crippen molar-refractivity contribution in [1.29, 1.82) is 0 Å². The summed E-state index contributed by atoms with van der Waals surface area (Å²) in [7, 11) is 1.57. The summed E-state index contributed by atoms with van der Waals surface area (Å²) in [5, 5.41) is 2.77. The Morgan fingerprint density at radius 2 is 1.84 bits per heavy atom. The summed E-state index contributed by atoms with van der Waals surface area (Å²) in [6.07, 6.45) is 2.72. The summed E-state index contributed by atoms with van der Waals surface area (Å²) in [6, 6.07) is 10.6. The predicted octanol–water partition coefficient (Wildman–Crippen LogP) is 5.75. The molecule has 168 valence electrons. The number of carbonyl (C=O) groups excluding carboxylic acids is 1. The van der Waals surface area contributed by atoms with Gasteiger partial charge >= 0.3 is 0 Å². The van der Waals surface area contributed by atoms with Crippen LogP contribution in [0, 0.1) is 5.82 Å². The van der Waals surface area contributed by atoms with Gasteiger partial charge in [0.2, 0.25) is 5.91 Å². The molecule has 1 N–H and O–H groups in total. The number of methoxy groups -OCH3 is 1. The second-order valence-electron chi connectivity index (χ2n) is 7.63. The Morgan fingerprint density at radius 1 is 1.13 bits per heavy atom. The molecule has 0 saturated heterocycles. The van der Waals surface area contributed by atoms with Crippen LogP contribution in [0.3, 0.4) is 0 Å². The molecule has 5 nitrogen and oxygen atoms in total. The lowest BCUT2D eigenvalue weighted by Crippen LogP contribution is -2.39. The third-order valence-corrected chi connectivity index (χ3v) is 5.23. The minimum absolute atomic E-state index is 0.322. The van der Waals surface area contributed by atoms with E-state index in [-0.39, 0.29) is 5.91 Å². The number of nitrogens with one attached hydrogen (secondary N) is 1. The first-order chi connectivity index (χ1) is 14.7. The van der Waals surface area contributed by atoms with E-state index in [1.165, 1.54) is 18.2 Å². The topological polar surface area (TPSA) is 50.8 Å². The maximum absolute atomic E-state index is 13.8. The molecule has 7 heteroatoms. The van der Waals surface area contributed by atoms with Gasteiger partial charge < -0.3 is 14.8 Å². The van der Waals surface area contributed by atoms with Gasteiger partial charge in [0.15, 0.2) is 11.5 Å². The Bertz CT molecular complexity index is 908. The molecule has 0 heterocycles. The maximum atomic E-state index is 13.8. The molecular weight excluding hydrogens is 463 g/mol. The molecule has 0 unspecified atom stereocenters. The number of hydrogen-bond acceptors (Lipinski definition) is 4. The van der Waals surface area contributed by atoms with E-state index in [1.807, 2.05) is 0 Å². The summed E-state index contributed by atoms with van der Waals surface area (Å²) < 4.78 is 25.9. The molecule has 0 aliphatic rings. The molecule has 0 aliphatic heterocycles. The van der Waals surface area contributed by atoms with Crippen LogP contribution in [0.1, 0.15) is 33.3 Å². The van der Waals surface area contributed by atoms with Gasteiger partial charge in [-0.1, -0.05) is 15.9 Å². The average molecular weight is 493 g/mol. The number of halogens is 2. The fraction of sp³-hybridized carbons (Fsp3) is 0.375. The third kappa shape index (κ3) is 7.67. The van der Waals surface area contributed by atoms with Crippen molar-refractivity contribution in [3.05, 3.63) is 58.3 Å². The second kappa shape index (κ2) is 11.9. The number of benzene rings is 2. The van der Waals surface area contributed by atoms with E-state index in [4.69, 9.17) is 9.47 Å². The van der Waals surface area contributed by atoms with Crippen molar-refractivity contribution in [3.8, 4) is 11.5 Å². The molecule has 2 rings (SSSR count). The number of carbonyl (C=O) groups is 1. The molecular formula is C24H30BrFN2O3. The van der Waals surface area contributed by atoms with E-state index >= 15 is 0 Å². The zero-order chi connectivity index (χ0) is 23.0. The lowest BCUT2D eigenvalue weighted by molar-refractivity contribution is -0.111. The molecule has 0 bridgehead atoms. The van der Waals surface area contributed by atoms with E-state index in [9.17, 15) is 9.18 Å². The molecule has 0 atom stereocenters. The fourth-order valence-electron chi connectivity index (χ4n) is 3.23. The van der Waals surface area contributed by atoms with Crippen LogP contribution in [0.25, 0.3) is 6.08 Å². The third-order valence-electron chi connectivity index (χ3n) is 4.74. The first-order valence-corrected chi connectivity index (χ1v) is 11.0. The SMILES string of the molecule is COc1ccc(NC(=O)/C=C/c2cc(Br)ccc2F)cc1OCCN(C(C)C)C(C)C. The maximum Gasteiger partial charge on any atom is 0.248 e. The van der Waals surface area contributed by atoms with Crippen molar-refractivity contribution in [2.75, 3.05) is 25.6 Å². The molecule has 0 radical (unpaired) electrons. The minimum atomic E-state index is -0.399. The lowest BCUT2D eigenvalue weighted by Gasteiger charge is -2.30. The smallest absolute Gasteiger partial charge is 0.248 e. The number of hydrogen-bond donors (Lipinski definition) is 1. The quantitative estimate of drug-likeness (QED) is 0.429. The van der Waals surface area contributed by atoms with E-state index < -0.39 is 5.82 Å². The molecule has 0 saturated carbocycles. The van der Waals surface area contributed by atoms with Crippen LogP contribution >= 0.6 is 15.9 Å². The van der Waals surface area contributed by atoms with Gasteiger partial charge in [0, 0.05) is 46.5 Å². The summed E-state index contributed by atoms with van der Waals surface area (Å²) in [4.78, 5) is 14.6. The Labute approximate surface area is 192 Å². The first kappa shape index (κ1) is 24.9. The van der Waals surface area contributed by atoms with Crippen LogP contribution in [0.4, 0.5) is 10.1 Å². The minimum Gasteiger partial charge on any atom is -0.493 e. The van der Waals surface area contributed by atoms with Gasteiger partial charge in [-0.15, -0.1) is 0 Å². The van der Waals surface area contributed by atoms with E-state index in [1.54, 1.807) is 37.4 Å². The highest BCUT2D eigenvalue weighted by Crippen LogP contribution is 2.30. The van der Waals surface area contributed by atoms with Crippen molar-refractivity contribution in [2.24, 2.45) is 0 Å². The van der Waals surface area contributed by atoms with Crippen molar-refractivity contribution in [1.82, 2.24) is 4.90 Å². The van der Waals surface area contributed by atoms with Crippen LogP contribution in [-0.4, -0.2) is 43.2 Å². The van der Waals surface area contributed by atoms with Crippen LogP contribution in [0.2, 0.25) is 0 Å². The van der Waals surface area contributed by atoms with Gasteiger partial charge in [-0.25, -0.2) is 4.39 Å². The molecule has 0 spiro atoms. The molecule has 31 heavy (non-hydrogen) atoms. The molecule has 2 aromatic carbocycles. The van der Waals surface area contributed by atoms with E-state index in [0.29, 0.717) is 41.4 Å². The molecule has 0 aliphatic carbocycles. The Balaban J connectivity index is 2.04. The molecule has 1 amide bonds. The number of nitrogens with zero attached hydrogens (tertiary/aromatic N) is 1. The largest absolute Gasteiger partial charge is 0.493 e. The van der Waals surface area contributed by atoms with Crippen LogP contribution in [0.15, 0.2) is 46.9 Å². The Kier molecular flexibility index (Phi) is 9.52. The average Bonchev–Trinajstić information content (AvgIpc) is 2.71. The summed E-state index contributed by atoms with van der Waals surface area (Å²) >= 11 is 3.29. The molecule has 2 aromatic rings. The Hall–Kier alpha value is -2.38. The zero-order valence-corrected chi connectivity index (χ0v) is 20.2. The van der Waals surface area contributed by atoms with Gasteiger partial charge in [0.25, 0.3) is 0 Å². The van der Waals surface area contributed by atoms with Crippen LogP contribution in [-0.2, 0) is 4.79 Å². The van der Waals surface area contributed by atoms with Gasteiger partial charge in [-0.05, 0) is 64.1 Å². The zero-order valence-electron chi connectivity index (χ0n) is 18.6. The highest BCUT2D eigenvalue weighted by molar-refractivity contribution is 9.10. The monoisotopic (exact) mass is 492 g/mol. The van der Waals surface area contributed by atoms with Crippen LogP contribution in [0.5, 0.6) is 11.5 Å². The second-order valence-corrected chi connectivity index (χ2v) is 8.54. The van der Waals surface area contributed by atoms with Gasteiger partial charge in [-0.3, -0.25) is 9.69 Å². The van der Waals surface area contributed by atoms with Crippen LogP contribution < -0.4 is 14.8 Å². The summed E-state index contributed by atoms with van der Waals surface area (Å²) in [5.41, 5.74) is 0.882. The van der Waals surface area contributed by atoms with Gasteiger partial charge in [0.1, 0.15) is 12.4 Å². The van der Waals surface area contributed by atoms with E-state index in [0.717, 1.165) is 11.0 Å². The highest BCUT2D eigenvalue weighted by atomic mass is 79.9. The fourth-order valence-corrected chi connectivity index (χ4v) is 3.61. The summed E-state index contributed by atoms with van der Waals surface area (Å²) in [5.74, 6) is 0.366. The summed E-state index contributed by atoms with van der Waals surface area (Å²) in [6.45, 7) is 9.89. The standard InChI is InChI=1S/C24H30BrFN2O3/c1-16(2)28(17(3)4)12-13-31-23-15-20(8-10-22(23)30-5)27-24(29)11-6-18-14-19(25)7-9-21(18)26/h6-11,14-17H,12-13H2,1-5H3,(H,27,29)/b11-6+. The number of ether oxygens (including phenoxy) is 2. The lowest BCUT2D eigenvalue weighted by atomic mass is 10.2. The van der Waals surface area contributed by atoms with E-state index in [2.05, 4.69) is 53.8 Å². The van der Waals surface area contributed by atoms with Gasteiger partial charge in [-0.2, -0.15) is 0 Å². The number of anilines is 1. The number of rotatable bonds is 10. The first-order valence-electron chi connectivity index (χ1n) is 10.2. The van der Waals surface area contributed by atoms with Crippen molar-refractivity contribution in [3.63, 3.8) is 0 Å². The molecule has 0 aromatic heterocycles. The molecule has 0 fully saturated rings.